The molecule has 7 nitrogen and oxygen atoms in total. The van der Waals surface area contributed by atoms with Crippen LogP contribution in [-0.2, 0) is 11.9 Å². The molecular formula is C31H19F3N6OS. The summed E-state index contributed by atoms with van der Waals surface area (Å²) in [7, 11) is 0. The van der Waals surface area contributed by atoms with Crippen molar-refractivity contribution in [3.05, 3.63) is 125 Å². The molecule has 7 rings (SSSR count). The monoisotopic (exact) mass is 580 g/mol. The Balaban J connectivity index is 1.39. The molecular weight excluding hydrogens is 561 g/mol. The number of hydrogen-bond donors (Lipinski definition) is 0. The van der Waals surface area contributed by atoms with Crippen molar-refractivity contribution in [3.8, 4) is 17.1 Å². The maximum absolute atomic E-state index is 13.7. The molecule has 0 saturated carbocycles. The molecule has 3 heterocycles. The predicted molar refractivity (Wildman–Crippen MR) is 156 cm³/mol. The number of para-hydroxylation sites is 2. The number of alkyl halides is 3. The molecule has 0 aliphatic carbocycles. The minimum atomic E-state index is -4.57. The van der Waals surface area contributed by atoms with Gasteiger partial charge in [0.05, 0.1) is 33.4 Å². The van der Waals surface area contributed by atoms with Gasteiger partial charge >= 0.3 is 6.18 Å². The molecule has 0 amide bonds. The van der Waals surface area contributed by atoms with Crippen LogP contribution >= 0.6 is 11.8 Å². The number of halogens is 3. The van der Waals surface area contributed by atoms with Crippen molar-refractivity contribution in [2.75, 3.05) is 0 Å². The van der Waals surface area contributed by atoms with Crippen LogP contribution in [0.15, 0.2) is 113 Å². The second kappa shape index (κ2) is 10.1. The Morgan fingerprint density at radius 3 is 2.19 bits per heavy atom. The van der Waals surface area contributed by atoms with Crippen molar-refractivity contribution in [3.63, 3.8) is 0 Å². The molecule has 0 N–H and O–H groups in total. The molecule has 0 unspecified atom stereocenters. The third kappa shape index (κ3) is 4.47. The van der Waals surface area contributed by atoms with E-state index in [0.717, 1.165) is 28.6 Å². The molecule has 7 aromatic rings. The van der Waals surface area contributed by atoms with Gasteiger partial charge in [0.15, 0.2) is 10.8 Å². The first-order valence-electron chi connectivity index (χ1n) is 12.9. The highest BCUT2D eigenvalue weighted by Gasteiger charge is 2.31. The fraction of sp³-hybridized carbons (Fsp3) is 0.0645. The van der Waals surface area contributed by atoms with Gasteiger partial charge in [-0.1, -0.05) is 72.4 Å². The van der Waals surface area contributed by atoms with Gasteiger partial charge < -0.3 is 0 Å². The topological polar surface area (TPSA) is 78.0 Å². The van der Waals surface area contributed by atoms with E-state index in [9.17, 15) is 18.0 Å². The second-order valence-electron chi connectivity index (χ2n) is 9.48. The first-order chi connectivity index (χ1) is 20.4. The van der Waals surface area contributed by atoms with E-state index in [1.54, 1.807) is 24.3 Å². The van der Waals surface area contributed by atoms with Crippen LogP contribution in [0.2, 0.25) is 0 Å². The van der Waals surface area contributed by atoms with Crippen molar-refractivity contribution in [1.29, 1.82) is 0 Å². The van der Waals surface area contributed by atoms with Crippen LogP contribution in [0.1, 0.15) is 11.4 Å². The van der Waals surface area contributed by atoms with Crippen LogP contribution in [0.5, 0.6) is 0 Å². The molecule has 11 heteroatoms. The quantitative estimate of drug-likeness (QED) is 0.205. The number of aromatic nitrogens is 6. The highest BCUT2D eigenvalue weighted by atomic mass is 32.2. The highest BCUT2D eigenvalue weighted by molar-refractivity contribution is 7.98. The molecule has 0 aliphatic heterocycles. The van der Waals surface area contributed by atoms with Crippen molar-refractivity contribution in [1.82, 2.24) is 29.1 Å². The largest absolute Gasteiger partial charge is 0.416 e. The highest BCUT2D eigenvalue weighted by Crippen LogP contribution is 2.32. The van der Waals surface area contributed by atoms with Gasteiger partial charge in [-0.15, -0.1) is 10.2 Å². The Hall–Kier alpha value is -5.03. The maximum atomic E-state index is 13.7. The van der Waals surface area contributed by atoms with Gasteiger partial charge in [-0.3, -0.25) is 13.8 Å². The Labute approximate surface area is 240 Å². The van der Waals surface area contributed by atoms with Crippen LogP contribution in [0, 0.1) is 0 Å². The molecule has 3 aromatic heterocycles. The van der Waals surface area contributed by atoms with Gasteiger partial charge in [0.1, 0.15) is 11.6 Å². The number of hydrogen-bond acceptors (Lipinski definition) is 6. The third-order valence-corrected chi connectivity index (χ3v) is 7.78. The van der Waals surface area contributed by atoms with E-state index in [-0.39, 0.29) is 17.3 Å². The molecule has 0 saturated heterocycles. The zero-order valence-corrected chi connectivity index (χ0v) is 22.5. The number of thioether (sulfide) groups is 1. The SMILES string of the molecule is O=c1c2ccccc2nc(CSc2nnc3c4ccccc4nc(-c4ccccc4)n23)n1-c1cccc(C(F)(F)F)c1. The Morgan fingerprint density at radius 1 is 0.738 bits per heavy atom. The summed E-state index contributed by atoms with van der Waals surface area (Å²) in [6.07, 6.45) is -4.57. The van der Waals surface area contributed by atoms with Gasteiger partial charge in [0, 0.05) is 10.9 Å². The lowest BCUT2D eigenvalue weighted by Crippen LogP contribution is -2.24. The minimum Gasteiger partial charge on any atom is -0.268 e. The van der Waals surface area contributed by atoms with Crippen molar-refractivity contribution >= 4 is 39.2 Å². The van der Waals surface area contributed by atoms with E-state index in [2.05, 4.69) is 10.2 Å². The Kier molecular flexibility index (Phi) is 6.23. The van der Waals surface area contributed by atoms with E-state index >= 15 is 0 Å². The lowest BCUT2D eigenvalue weighted by Gasteiger charge is -2.15. The van der Waals surface area contributed by atoms with E-state index in [4.69, 9.17) is 9.97 Å². The lowest BCUT2D eigenvalue weighted by molar-refractivity contribution is -0.137. The van der Waals surface area contributed by atoms with E-state index < -0.39 is 17.3 Å². The van der Waals surface area contributed by atoms with Crippen LogP contribution < -0.4 is 5.56 Å². The van der Waals surface area contributed by atoms with E-state index in [1.165, 1.54) is 28.5 Å². The van der Waals surface area contributed by atoms with Gasteiger partial charge in [-0.05, 0) is 42.5 Å². The summed E-state index contributed by atoms with van der Waals surface area (Å²) in [5.74, 6) is 1.03. The van der Waals surface area contributed by atoms with Gasteiger partial charge in [-0.25, -0.2) is 9.97 Å². The first kappa shape index (κ1) is 25.9. The summed E-state index contributed by atoms with van der Waals surface area (Å²) in [5.41, 5.74) is 1.45. The fourth-order valence-electron chi connectivity index (χ4n) is 4.93. The van der Waals surface area contributed by atoms with Crippen LogP contribution in [0.25, 0.3) is 44.5 Å². The van der Waals surface area contributed by atoms with E-state index in [1.807, 2.05) is 59.0 Å². The molecule has 0 spiro atoms. The fourth-order valence-corrected chi connectivity index (χ4v) is 5.78. The molecule has 4 aromatic carbocycles. The van der Waals surface area contributed by atoms with Crippen molar-refractivity contribution in [2.45, 2.75) is 17.1 Å². The smallest absolute Gasteiger partial charge is 0.268 e. The summed E-state index contributed by atoms with van der Waals surface area (Å²) in [5, 5.41) is 10.5. The second-order valence-corrected chi connectivity index (χ2v) is 10.4. The standard InChI is InChI=1S/C31H19F3N6OS/c32-31(33,34)20-11-8-12-21(17-20)39-26(35-25-16-7-5-14-23(25)29(39)41)18-42-30-38-37-28-22-13-4-6-15-24(22)36-27(40(28)30)19-9-2-1-3-10-19/h1-17H,18H2. The Morgan fingerprint density at radius 2 is 1.43 bits per heavy atom. The van der Waals surface area contributed by atoms with Gasteiger partial charge in [0.25, 0.3) is 5.56 Å². The maximum Gasteiger partial charge on any atom is 0.416 e. The van der Waals surface area contributed by atoms with Gasteiger partial charge in [0.2, 0.25) is 0 Å². The van der Waals surface area contributed by atoms with Crippen molar-refractivity contribution in [2.24, 2.45) is 0 Å². The van der Waals surface area contributed by atoms with Crippen LogP contribution in [0.4, 0.5) is 13.2 Å². The predicted octanol–water partition coefficient (Wildman–Crippen LogP) is 6.95. The van der Waals surface area contributed by atoms with Crippen molar-refractivity contribution < 1.29 is 13.2 Å². The van der Waals surface area contributed by atoms with Gasteiger partial charge in [-0.2, -0.15) is 13.2 Å². The van der Waals surface area contributed by atoms with E-state index in [0.29, 0.717) is 27.5 Å². The molecule has 0 bridgehead atoms. The molecule has 0 atom stereocenters. The Bertz CT molecular complexity index is 2180. The molecule has 0 radical (unpaired) electrons. The number of nitrogens with zero attached hydrogens (tertiary/aromatic N) is 6. The average Bonchev–Trinajstić information content (AvgIpc) is 3.44. The summed E-state index contributed by atoms with van der Waals surface area (Å²) in [6.45, 7) is 0. The lowest BCUT2D eigenvalue weighted by atomic mass is 10.2. The normalized spacial score (nSPS) is 12.0. The zero-order valence-electron chi connectivity index (χ0n) is 21.7. The summed E-state index contributed by atoms with van der Waals surface area (Å²) in [4.78, 5) is 23.3. The summed E-state index contributed by atoms with van der Waals surface area (Å²) < 4.78 is 43.8. The molecule has 0 aliphatic rings. The summed E-state index contributed by atoms with van der Waals surface area (Å²) in [6, 6.07) is 28.8. The van der Waals surface area contributed by atoms with Crippen LogP contribution in [-0.4, -0.2) is 29.1 Å². The minimum absolute atomic E-state index is 0.0763. The first-order valence-corrected chi connectivity index (χ1v) is 13.9. The van der Waals surface area contributed by atoms with Crippen LogP contribution in [0.3, 0.4) is 0 Å². The average molecular weight is 581 g/mol. The zero-order chi connectivity index (χ0) is 28.8. The molecule has 42 heavy (non-hydrogen) atoms. The number of rotatable bonds is 5. The molecule has 206 valence electrons. The summed E-state index contributed by atoms with van der Waals surface area (Å²) >= 11 is 1.27. The third-order valence-electron chi connectivity index (χ3n) is 6.86. The molecule has 0 fully saturated rings. The number of benzene rings is 4. The number of fused-ring (bicyclic) bond motifs is 4.